The molecule has 0 N–H and O–H groups in total. The van der Waals surface area contributed by atoms with Gasteiger partial charge in [-0.05, 0) is 18.2 Å². The van der Waals surface area contributed by atoms with Crippen molar-refractivity contribution in [2.24, 2.45) is 0 Å². The molecule has 1 fully saturated rings. The fourth-order valence-electron chi connectivity index (χ4n) is 2.38. The van der Waals surface area contributed by atoms with E-state index < -0.39 is 23.7 Å². The highest BCUT2D eigenvalue weighted by Crippen LogP contribution is 2.49. The molecular weight excluding hydrogens is 267 g/mol. The van der Waals surface area contributed by atoms with Crippen molar-refractivity contribution >= 4 is 11.6 Å². The van der Waals surface area contributed by atoms with E-state index in [9.17, 15) is 18.0 Å². The molecule has 2 aromatic rings. The Bertz CT molecular complexity index is 657. The minimum absolute atomic E-state index is 0.180. The van der Waals surface area contributed by atoms with Crippen molar-refractivity contribution in [2.45, 2.75) is 12.0 Å². The molecule has 3 rings (SSSR count). The average Bonchev–Trinajstić information content (AvgIpc) is 2.46. The number of hydrogen-bond acceptors (Lipinski definition) is 1. The first kappa shape index (κ1) is 12.7. The van der Waals surface area contributed by atoms with Crippen LogP contribution in [0.2, 0.25) is 0 Å². The number of nitrogens with zero attached hydrogens (tertiary/aromatic N) is 1. The second-order valence-corrected chi connectivity index (χ2v) is 4.56. The van der Waals surface area contributed by atoms with Crippen molar-refractivity contribution in [2.75, 3.05) is 4.90 Å². The normalized spacial score (nSPS) is 20.6. The van der Waals surface area contributed by atoms with Crippen LogP contribution < -0.4 is 4.90 Å². The maximum atomic E-state index is 13.8. The number of hydrogen-bond donors (Lipinski definition) is 0. The molecule has 1 saturated heterocycles. The van der Waals surface area contributed by atoms with Crippen LogP contribution in [0.1, 0.15) is 11.6 Å². The molecule has 2 aromatic carbocycles. The Morgan fingerprint density at radius 1 is 0.950 bits per heavy atom. The Kier molecular flexibility index (Phi) is 2.78. The second-order valence-electron chi connectivity index (χ2n) is 4.56. The molecule has 5 heteroatoms. The van der Waals surface area contributed by atoms with Crippen LogP contribution in [-0.4, -0.2) is 11.8 Å². The zero-order valence-electron chi connectivity index (χ0n) is 10.3. The Morgan fingerprint density at radius 3 is 2.20 bits per heavy atom. The fraction of sp³-hybridized carbons (Fsp3) is 0.133. The fourth-order valence-corrected chi connectivity index (χ4v) is 2.38. The monoisotopic (exact) mass is 277 g/mol. The summed E-state index contributed by atoms with van der Waals surface area (Å²) in [6.45, 7) is 0. The lowest BCUT2D eigenvalue weighted by molar-refractivity contribution is -0.162. The van der Waals surface area contributed by atoms with Gasteiger partial charge in [-0.15, -0.1) is 0 Å². The molecule has 0 spiro atoms. The molecule has 0 bridgehead atoms. The third-order valence-electron chi connectivity index (χ3n) is 3.34. The Morgan fingerprint density at radius 2 is 1.55 bits per heavy atom. The quantitative estimate of drug-likeness (QED) is 0.769. The number of rotatable bonds is 2. The van der Waals surface area contributed by atoms with Gasteiger partial charge in [0, 0.05) is 11.3 Å². The summed E-state index contributed by atoms with van der Waals surface area (Å²) in [7, 11) is 0. The zero-order valence-corrected chi connectivity index (χ0v) is 10.3. The summed E-state index contributed by atoms with van der Waals surface area (Å²) >= 11 is 0. The Labute approximate surface area is 113 Å². The van der Waals surface area contributed by atoms with E-state index in [1.807, 2.05) is 0 Å². The van der Waals surface area contributed by atoms with Crippen LogP contribution in [0, 0.1) is 5.82 Å². The van der Waals surface area contributed by atoms with E-state index in [4.69, 9.17) is 0 Å². The molecule has 1 unspecified atom stereocenters. The molecule has 1 aliphatic heterocycles. The summed E-state index contributed by atoms with van der Waals surface area (Å²) in [4.78, 5) is 12.6. The Balaban J connectivity index is 2.07. The predicted molar refractivity (Wildman–Crippen MR) is 68.0 cm³/mol. The van der Waals surface area contributed by atoms with Crippen LogP contribution in [0.25, 0.3) is 0 Å². The number of para-hydroxylation sites is 1. The maximum Gasteiger partial charge on any atom is 0.349 e. The Hall–Kier alpha value is -2.30. The van der Waals surface area contributed by atoms with E-state index >= 15 is 0 Å². The second kappa shape index (κ2) is 4.37. The van der Waals surface area contributed by atoms with Crippen LogP contribution >= 0.6 is 0 Å². The largest absolute Gasteiger partial charge is 0.349 e. The smallest absolute Gasteiger partial charge is 0.293 e. The number of amides is 1. The zero-order chi connectivity index (χ0) is 14.3. The van der Waals surface area contributed by atoms with Crippen LogP contribution in [0.5, 0.6) is 0 Å². The highest BCUT2D eigenvalue weighted by molar-refractivity contribution is 6.07. The van der Waals surface area contributed by atoms with Crippen LogP contribution in [0.4, 0.5) is 18.9 Å². The van der Waals surface area contributed by atoms with E-state index in [2.05, 4.69) is 0 Å². The van der Waals surface area contributed by atoms with Crippen molar-refractivity contribution in [3.8, 4) is 0 Å². The SMILES string of the molecule is O=C1N(c2ccccc2)C(c2ccccc2F)C1(F)F. The average molecular weight is 277 g/mol. The summed E-state index contributed by atoms with van der Waals surface area (Å²) in [5.74, 6) is -5.64. The standard InChI is InChI=1S/C15H10F3NO/c16-12-9-5-4-8-11(12)13-15(17,18)14(20)19(13)10-6-2-1-3-7-10/h1-9,13H. The van der Waals surface area contributed by atoms with Gasteiger partial charge in [-0.25, -0.2) is 4.39 Å². The molecule has 0 aliphatic carbocycles. The minimum atomic E-state index is -3.59. The lowest BCUT2D eigenvalue weighted by Gasteiger charge is -2.46. The van der Waals surface area contributed by atoms with Gasteiger partial charge in [-0.1, -0.05) is 36.4 Å². The van der Waals surface area contributed by atoms with Gasteiger partial charge in [-0.3, -0.25) is 9.69 Å². The number of benzene rings is 2. The molecule has 1 heterocycles. The van der Waals surface area contributed by atoms with E-state index in [1.54, 1.807) is 30.3 Å². The number of anilines is 1. The topological polar surface area (TPSA) is 20.3 Å². The van der Waals surface area contributed by atoms with Gasteiger partial charge in [0.15, 0.2) is 0 Å². The molecular formula is C15H10F3NO. The van der Waals surface area contributed by atoms with Gasteiger partial charge in [-0.2, -0.15) is 8.78 Å². The first-order valence-electron chi connectivity index (χ1n) is 6.04. The lowest BCUT2D eigenvalue weighted by atomic mass is 9.88. The lowest BCUT2D eigenvalue weighted by Crippen LogP contribution is -2.64. The van der Waals surface area contributed by atoms with Crippen molar-refractivity contribution in [1.29, 1.82) is 0 Å². The molecule has 20 heavy (non-hydrogen) atoms. The molecule has 1 amide bonds. The third kappa shape index (κ3) is 1.70. The molecule has 102 valence electrons. The summed E-state index contributed by atoms with van der Waals surface area (Å²) in [5.41, 5.74) is 0.151. The third-order valence-corrected chi connectivity index (χ3v) is 3.34. The first-order chi connectivity index (χ1) is 9.53. The van der Waals surface area contributed by atoms with Gasteiger partial charge in [0.2, 0.25) is 0 Å². The van der Waals surface area contributed by atoms with Gasteiger partial charge in [0.05, 0.1) is 0 Å². The van der Waals surface area contributed by atoms with Gasteiger partial charge in [0.25, 0.3) is 0 Å². The summed E-state index contributed by atoms with van der Waals surface area (Å²) in [5, 5.41) is 0. The van der Waals surface area contributed by atoms with E-state index in [1.165, 1.54) is 18.2 Å². The van der Waals surface area contributed by atoms with E-state index in [0.29, 0.717) is 5.69 Å². The minimum Gasteiger partial charge on any atom is -0.293 e. The molecule has 0 saturated carbocycles. The van der Waals surface area contributed by atoms with Crippen LogP contribution in [0.15, 0.2) is 54.6 Å². The molecule has 1 aliphatic rings. The number of halogens is 3. The predicted octanol–water partition coefficient (Wildman–Crippen LogP) is 3.55. The summed E-state index contributed by atoms with van der Waals surface area (Å²) in [6, 6.07) is 11.7. The van der Waals surface area contributed by atoms with Crippen molar-refractivity contribution in [3.63, 3.8) is 0 Å². The number of carbonyl (C=O) groups is 1. The molecule has 0 radical (unpaired) electrons. The van der Waals surface area contributed by atoms with Crippen LogP contribution in [0.3, 0.4) is 0 Å². The highest BCUT2D eigenvalue weighted by Gasteiger charge is 2.65. The van der Waals surface area contributed by atoms with Crippen molar-refractivity contribution in [1.82, 2.24) is 0 Å². The van der Waals surface area contributed by atoms with Gasteiger partial charge < -0.3 is 0 Å². The van der Waals surface area contributed by atoms with Gasteiger partial charge in [0.1, 0.15) is 11.9 Å². The number of alkyl halides is 2. The number of carbonyl (C=O) groups excluding carboxylic acids is 1. The maximum absolute atomic E-state index is 13.8. The van der Waals surface area contributed by atoms with E-state index in [-0.39, 0.29) is 5.56 Å². The van der Waals surface area contributed by atoms with Crippen LogP contribution in [-0.2, 0) is 4.79 Å². The molecule has 1 atom stereocenters. The van der Waals surface area contributed by atoms with Crippen molar-refractivity contribution in [3.05, 3.63) is 66.0 Å². The summed E-state index contributed by atoms with van der Waals surface area (Å²) in [6.07, 6.45) is 0. The van der Waals surface area contributed by atoms with Gasteiger partial charge >= 0.3 is 11.8 Å². The van der Waals surface area contributed by atoms with Crippen molar-refractivity contribution < 1.29 is 18.0 Å². The van der Waals surface area contributed by atoms with E-state index in [0.717, 1.165) is 11.0 Å². The molecule has 2 nitrogen and oxygen atoms in total. The number of β-lactam (4-membered cyclic amide) rings is 1. The first-order valence-corrected chi connectivity index (χ1v) is 6.04. The summed E-state index contributed by atoms with van der Waals surface area (Å²) < 4.78 is 41.4. The highest BCUT2D eigenvalue weighted by atomic mass is 19.3. The molecule has 0 aromatic heterocycles.